The van der Waals surface area contributed by atoms with Crippen molar-refractivity contribution in [2.45, 2.75) is 37.8 Å². The molecule has 0 saturated carbocycles. The number of aryl methyl sites for hydroxylation is 2. The van der Waals surface area contributed by atoms with Crippen LogP contribution in [0.3, 0.4) is 0 Å². The van der Waals surface area contributed by atoms with Gasteiger partial charge in [0, 0.05) is 20.1 Å². The van der Waals surface area contributed by atoms with Crippen LogP contribution >= 0.6 is 0 Å². The van der Waals surface area contributed by atoms with Gasteiger partial charge in [-0.05, 0) is 77.4 Å². The molecule has 0 spiro atoms. The lowest BCUT2D eigenvalue weighted by Gasteiger charge is -2.30. The standard InChI is InChI=1S/C35H37NO4/c1-36(20-21-40-30-18-13-26(14-19-30)24-33(39-2)35(37)38)34-31-11-7-6-10-28(31)16-17-29-15-12-27(23-32(29)34)22-25-8-4-3-5-9-25/h3-15,18-19,23,33-34H,16-17,20-22,24H2,1-2H3,(H,37,38). The molecule has 4 aromatic carbocycles. The fourth-order valence-electron chi connectivity index (χ4n) is 5.65. The Morgan fingerprint density at radius 2 is 1.52 bits per heavy atom. The van der Waals surface area contributed by atoms with E-state index in [4.69, 9.17) is 9.47 Å². The molecule has 206 valence electrons. The van der Waals surface area contributed by atoms with Crippen molar-refractivity contribution in [3.05, 3.63) is 136 Å². The van der Waals surface area contributed by atoms with E-state index in [1.165, 1.54) is 40.5 Å². The van der Waals surface area contributed by atoms with Crippen LogP contribution in [-0.4, -0.2) is 49.4 Å². The van der Waals surface area contributed by atoms with Gasteiger partial charge in [0.05, 0.1) is 6.04 Å². The average molecular weight is 536 g/mol. The SMILES string of the molecule is COC(Cc1ccc(OCCN(C)C2c3ccccc3CCc3ccc(Cc4ccccc4)cc32)cc1)C(=O)O. The highest BCUT2D eigenvalue weighted by molar-refractivity contribution is 5.72. The molecule has 0 saturated heterocycles. The van der Waals surface area contributed by atoms with E-state index in [2.05, 4.69) is 84.7 Å². The number of rotatable bonds is 11. The van der Waals surface area contributed by atoms with E-state index in [1.54, 1.807) is 0 Å². The van der Waals surface area contributed by atoms with Crippen molar-refractivity contribution >= 4 is 5.97 Å². The van der Waals surface area contributed by atoms with Crippen LogP contribution in [0.2, 0.25) is 0 Å². The number of carboxylic acids is 1. The second-order valence-corrected chi connectivity index (χ2v) is 10.5. The van der Waals surface area contributed by atoms with Crippen LogP contribution in [0.1, 0.15) is 45.0 Å². The van der Waals surface area contributed by atoms with Crippen LogP contribution < -0.4 is 4.74 Å². The van der Waals surface area contributed by atoms with Crippen LogP contribution in [0.25, 0.3) is 0 Å². The molecular weight excluding hydrogens is 498 g/mol. The number of benzene rings is 4. The maximum Gasteiger partial charge on any atom is 0.333 e. The zero-order valence-electron chi connectivity index (χ0n) is 23.3. The Hall–Kier alpha value is -3.93. The van der Waals surface area contributed by atoms with Crippen molar-refractivity contribution in [3.8, 4) is 5.75 Å². The van der Waals surface area contributed by atoms with Crippen LogP contribution in [-0.2, 0) is 35.2 Å². The molecule has 1 N–H and O–H groups in total. The van der Waals surface area contributed by atoms with Gasteiger partial charge in [-0.15, -0.1) is 0 Å². The minimum atomic E-state index is -0.959. The first-order valence-electron chi connectivity index (χ1n) is 13.9. The van der Waals surface area contributed by atoms with Gasteiger partial charge in [-0.3, -0.25) is 4.90 Å². The number of carbonyl (C=O) groups is 1. The largest absolute Gasteiger partial charge is 0.492 e. The highest BCUT2D eigenvalue weighted by atomic mass is 16.5. The second-order valence-electron chi connectivity index (χ2n) is 10.5. The summed E-state index contributed by atoms with van der Waals surface area (Å²) in [6.45, 7) is 1.30. The van der Waals surface area contributed by atoms with Gasteiger partial charge in [0.25, 0.3) is 0 Å². The minimum absolute atomic E-state index is 0.150. The Kier molecular flexibility index (Phi) is 8.94. The molecule has 5 nitrogen and oxygen atoms in total. The molecule has 1 aliphatic carbocycles. The number of ether oxygens (including phenoxy) is 2. The smallest absolute Gasteiger partial charge is 0.333 e. The van der Waals surface area contributed by atoms with Crippen molar-refractivity contribution < 1.29 is 19.4 Å². The first kappa shape index (κ1) is 27.6. The summed E-state index contributed by atoms with van der Waals surface area (Å²) in [7, 11) is 3.60. The maximum absolute atomic E-state index is 11.3. The van der Waals surface area contributed by atoms with E-state index in [0.29, 0.717) is 13.0 Å². The first-order valence-corrected chi connectivity index (χ1v) is 13.9. The second kappa shape index (κ2) is 12.9. The molecule has 0 aliphatic heterocycles. The number of likely N-dealkylation sites (N-methyl/N-ethyl adjacent to an activating group) is 1. The van der Waals surface area contributed by atoms with Crippen molar-refractivity contribution in [2.75, 3.05) is 27.3 Å². The third-order valence-corrected chi connectivity index (χ3v) is 7.83. The fourth-order valence-corrected chi connectivity index (χ4v) is 5.65. The predicted molar refractivity (Wildman–Crippen MR) is 158 cm³/mol. The van der Waals surface area contributed by atoms with E-state index in [-0.39, 0.29) is 6.04 Å². The van der Waals surface area contributed by atoms with E-state index in [0.717, 1.165) is 37.1 Å². The topological polar surface area (TPSA) is 59.0 Å². The highest BCUT2D eigenvalue weighted by Gasteiger charge is 2.27. The lowest BCUT2D eigenvalue weighted by Crippen LogP contribution is -2.30. The van der Waals surface area contributed by atoms with Gasteiger partial charge in [0.1, 0.15) is 12.4 Å². The molecule has 40 heavy (non-hydrogen) atoms. The van der Waals surface area contributed by atoms with Crippen molar-refractivity contribution in [2.24, 2.45) is 0 Å². The number of methoxy groups -OCH3 is 1. The van der Waals surface area contributed by atoms with Gasteiger partial charge < -0.3 is 14.6 Å². The van der Waals surface area contributed by atoms with Gasteiger partial charge in [0.15, 0.2) is 6.10 Å². The summed E-state index contributed by atoms with van der Waals surface area (Å²) in [5.41, 5.74) is 9.13. The normalized spacial score (nSPS) is 15.1. The van der Waals surface area contributed by atoms with Gasteiger partial charge >= 0.3 is 5.97 Å². The third-order valence-electron chi connectivity index (χ3n) is 7.83. The molecular formula is C35H37NO4. The van der Waals surface area contributed by atoms with Crippen LogP contribution in [0.15, 0.2) is 97.1 Å². The monoisotopic (exact) mass is 535 g/mol. The lowest BCUT2D eigenvalue weighted by molar-refractivity contribution is -0.148. The molecule has 5 heteroatoms. The third kappa shape index (κ3) is 6.61. The predicted octanol–water partition coefficient (Wildman–Crippen LogP) is 6.12. The number of fused-ring (bicyclic) bond motifs is 2. The van der Waals surface area contributed by atoms with E-state index < -0.39 is 12.1 Å². The van der Waals surface area contributed by atoms with E-state index in [9.17, 15) is 9.90 Å². The lowest BCUT2D eigenvalue weighted by atomic mass is 9.91. The van der Waals surface area contributed by atoms with E-state index in [1.807, 2.05) is 24.3 Å². The first-order chi connectivity index (χ1) is 19.5. The minimum Gasteiger partial charge on any atom is -0.492 e. The van der Waals surface area contributed by atoms with Gasteiger partial charge in [-0.25, -0.2) is 4.79 Å². The number of hydrogen-bond donors (Lipinski definition) is 1. The highest BCUT2D eigenvalue weighted by Crippen LogP contribution is 2.37. The molecule has 0 bridgehead atoms. The summed E-state index contributed by atoms with van der Waals surface area (Å²) in [5.74, 6) is -0.187. The summed E-state index contributed by atoms with van der Waals surface area (Å²) in [6, 6.07) is 34.3. The van der Waals surface area contributed by atoms with Gasteiger partial charge in [-0.2, -0.15) is 0 Å². The summed E-state index contributed by atoms with van der Waals surface area (Å²) >= 11 is 0. The van der Waals surface area contributed by atoms with Crippen molar-refractivity contribution in [1.82, 2.24) is 4.90 Å². The van der Waals surface area contributed by atoms with Crippen LogP contribution in [0.5, 0.6) is 5.75 Å². The molecule has 0 fully saturated rings. The molecule has 1 aliphatic rings. The quantitative estimate of drug-likeness (QED) is 0.251. The molecule has 0 aromatic heterocycles. The van der Waals surface area contributed by atoms with Crippen molar-refractivity contribution in [3.63, 3.8) is 0 Å². The molecule has 4 aromatic rings. The Bertz CT molecular complexity index is 1420. The number of hydrogen-bond acceptors (Lipinski definition) is 4. The van der Waals surface area contributed by atoms with Gasteiger partial charge in [0.2, 0.25) is 0 Å². The maximum atomic E-state index is 11.3. The summed E-state index contributed by atoms with van der Waals surface area (Å²) in [6.07, 6.45) is 2.47. The van der Waals surface area contributed by atoms with Gasteiger partial charge in [-0.1, -0.05) is 84.9 Å². The van der Waals surface area contributed by atoms with Crippen LogP contribution in [0, 0.1) is 0 Å². The number of nitrogens with zero attached hydrogens (tertiary/aromatic N) is 1. The Balaban J connectivity index is 1.31. The zero-order valence-corrected chi connectivity index (χ0v) is 23.3. The molecule has 0 radical (unpaired) electrons. The summed E-state index contributed by atoms with van der Waals surface area (Å²) in [4.78, 5) is 13.7. The summed E-state index contributed by atoms with van der Waals surface area (Å²) in [5, 5.41) is 9.23. The Morgan fingerprint density at radius 3 is 2.25 bits per heavy atom. The number of carboxylic acid groups (broad SMARTS) is 1. The molecule has 2 atom stereocenters. The van der Waals surface area contributed by atoms with E-state index >= 15 is 0 Å². The molecule has 0 amide bonds. The summed E-state index contributed by atoms with van der Waals surface area (Å²) < 4.78 is 11.2. The average Bonchev–Trinajstić information content (AvgIpc) is 3.13. The number of aliphatic carboxylic acids is 1. The molecule has 0 heterocycles. The Labute approximate surface area is 237 Å². The Morgan fingerprint density at radius 1 is 0.850 bits per heavy atom. The zero-order chi connectivity index (χ0) is 27.9. The molecule has 5 rings (SSSR count). The molecule has 2 unspecified atom stereocenters. The van der Waals surface area contributed by atoms with Crippen LogP contribution in [0.4, 0.5) is 0 Å². The fraction of sp³-hybridized carbons (Fsp3) is 0.286. The van der Waals surface area contributed by atoms with Crippen molar-refractivity contribution in [1.29, 1.82) is 0 Å².